The molecular formula is C11H7BrF2N4O. The van der Waals surface area contributed by atoms with E-state index in [-0.39, 0.29) is 21.7 Å². The van der Waals surface area contributed by atoms with E-state index < -0.39 is 17.5 Å². The predicted octanol–water partition coefficient (Wildman–Crippen LogP) is 2.35. The summed E-state index contributed by atoms with van der Waals surface area (Å²) in [5.74, 6) is -2.17. The number of carbonyl (C=O) groups is 1. The summed E-state index contributed by atoms with van der Waals surface area (Å²) in [6.45, 7) is 0. The van der Waals surface area contributed by atoms with Crippen LogP contribution in [0, 0.1) is 11.6 Å². The van der Waals surface area contributed by atoms with Crippen molar-refractivity contribution in [1.29, 1.82) is 0 Å². The molecule has 1 aromatic carbocycles. The van der Waals surface area contributed by atoms with Crippen LogP contribution in [-0.4, -0.2) is 16.1 Å². The van der Waals surface area contributed by atoms with Crippen LogP contribution in [0.1, 0.15) is 10.5 Å². The Bertz CT molecular complexity index is 633. The van der Waals surface area contributed by atoms with E-state index in [0.717, 1.165) is 6.07 Å². The van der Waals surface area contributed by atoms with Gasteiger partial charge in [0.25, 0.3) is 5.91 Å². The highest BCUT2D eigenvalue weighted by Crippen LogP contribution is 2.23. The van der Waals surface area contributed by atoms with E-state index in [0.29, 0.717) is 6.07 Å². The number of benzene rings is 1. The minimum atomic E-state index is -0.891. The fourth-order valence-electron chi connectivity index (χ4n) is 1.27. The molecule has 0 bridgehead atoms. The van der Waals surface area contributed by atoms with E-state index in [9.17, 15) is 13.6 Å². The van der Waals surface area contributed by atoms with E-state index in [4.69, 9.17) is 5.73 Å². The summed E-state index contributed by atoms with van der Waals surface area (Å²) in [7, 11) is 0. The number of halogens is 3. The lowest BCUT2D eigenvalue weighted by molar-refractivity contribution is 0.102. The molecule has 5 nitrogen and oxygen atoms in total. The minimum Gasteiger partial charge on any atom is -0.382 e. The summed E-state index contributed by atoms with van der Waals surface area (Å²) in [5.41, 5.74) is 5.12. The lowest BCUT2D eigenvalue weighted by atomic mass is 10.2. The molecular weight excluding hydrogens is 322 g/mol. The van der Waals surface area contributed by atoms with Gasteiger partial charge in [0.15, 0.2) is 5.69 Å². The second kappa shape index (κ2) is 5.27. The third-order valence-electron chi connectivity index (χ3n) is 2.18. The third kappa shape index (κ3) is 3.02. The van der Waals surface area contributed by atoms with Gasteiger partial charge in [0.05, 0.1) is 10.2 Å². The van der Waals surface area contributed by atoms with E-state index in [1.807, 2.05) is 0 Å². The maximum atomic E-state index is 13.4. The highest BCUT2D eigenvalue weighted by atomic mass is 79.9. The highest BCUT2D eigenvalue weighted by molar-refractivity contribution is 9.10. The minimum absolute atomic E-state index is 0.0333. The first kappa shape index (κ1) is 13.3. The quantitative estimate of drug-likeness (QED) is 0.829. The smallest absolute Gasteiger partial charge is 0.276 e. The Morgan fingerprint density at radius 1 is 1.21 bits per heavy atom. The molecule has 0 radical (unpaired) electrons. The molecule has 1 heterocycles. The monoisotopic (exact) mass is 328 g/mol. The van der Waals surface area contributed by atoms with Gasteiger partial charge in [0.2, 0.25) is 0 Å². The SMILES string of the molecule is Nc1ccc(C(=O)Nc2cc(Br)c(F)cc2F)nn1. The molecule has 98 valence electrons. The molecule has 2 rings (SSSR count). The van der Waals surface area contributed by atoms with Gasteiger partial charge in [-0.1, -0.05) is 0 Å². The average Bonchev–Trinajstić information content (AvgIpc) is 2.36. The first-order chi connectivity index (χ1) is 8.97. The Morgan fingerprint density at radius 3 is 2.58 bits per heavy atom. The van der Waals surface area contributed by atoms with Crippen LogP contribution in [0.5, 0.6) is 0 Å². The fraction of sp³-hybridized carbons (Fsp3) is 0. The molecule has 1 aromatic heterocycles. The number of carbonyl (C=O) groups excluding carboxylic acids is 1. The normalized spacial score (nSPS) is 10.3. The number of nitrogen functional groups attached to an aromatic ring is 1. The van der Waals surface area contributed by atoms with Crippen molar-refractivity contribution >= 4 is 33.3 Å². The van der Waals surface area contributed by atoms with Crippen LogP contribution < -0.4 is 11.1 Å². The molecule has 1 amide bonds. The Balaban J connectivity index is 2.24. The van der Waals surface area contributed by atoms with Gasteiger partial charge in [-0.3, -0.25) is 4.79 Å². The molecule has 0 unspecified atom stereocenters. The molecule has 0 aliphatic rings. The number of nitrogens with two attached hydrogens (primary N) is 1. The molecule has 8 heteroatoms. The lowest BCUT2D eigenvalue weighted by Gasteiger charge is -2.06. The molecule has 0 aliphatic carbocycles. The average molecular weight is 329 g/mol. The number of amides is 1. The second-order valence-corrected chi connectivity index (χ2v) is 4.40. The number of hydrogen-bond acceptors (Lipinski definition) is 4. The number of nitrogens with one attached hydrogen (secondary N) is 1. The number of rotatable bonds is 2. The van der Waals surface area contributed by atoms with Gasteiger partial charge in [-0.15, -0.1) is 10.2 Å². The molecule has 2 aromatic rings. The Labute approximate surface area is 115 Å². The second-order valence-electron chi connectivity index (χ2n) is 3.54. The van der Waals surface area contributed by atoms with Crippen molar-refractivity contribution in [2.24, 2.45) is 0 Å². The van der Waals surface area contributed by atoms with Gasteiger partial charge in [-0.25, -0.2) is 8.78 Å². The van der Waals surface area contributed by atoms with Gasteiger partial charge in [-0.05, 0) is 34.1 Å². The van der Waals surface area contributed by atoms with E-state index in [2.05, 4.69) is 31.4 Å². The zero-order valence-electron chi connectivity index (χ0n) is 9.32. The van der Waals surface area contributed by atoms with Crippen LogP contribution in [0.25, 0.3) is 0 Å². The van der Waals surface area contributed by atoms with Crippen LogP contribution in [0.15, 0.2) is 28.7 Å². The van der Waals surface area contributed by atoms with Gasteiger partial charge < -0.3 is 11.1 Å². The summed E-state index contributed by atoms with van der Waals surface area (Å²) in [4.78, 5) is 11.7. The largest absolute Gasteiger partial charge is 0.382 e. The van der Waals surface area contributed by atoms with Crippen molar-refractivity contribution in [3.05, 3.63) is 46.1 Å². The third-order valence-corrected chi connectivity index (χ3v) is 2.78. The van der Waals surface area contributed by atoms with E-state index in [1.54, 1.807) is 0 Å². The zero-order valence-corrected chi connectivity index (χ0v) is 10.9. The van der Waals surface area contributed by atoms with Crippen LogP contribution in [0.2, 0.25) is 0 Å². The van der Waals surface area contributed by atoms with Crippen LogP contribution >= 0.6 is 15.9 Å². The Kier molecular flexibility index (Phi) is 3.70. The molecule has 0 atom stereocenters. The maximum absolute atomic E-state index is 13.4. The van der Waals surface area contributed by atoms with Crippen molar-refractivity contribution in [2.75, 3.05) is 11.1 Å². The number of hydrogen-bond donors (Lipinski definition) is 2. The standard InChI is InChI=1S/C11H7BrF2N4O/c12-5-3-9(7(14)4-6(5)13)16-11(19)8-1-2-10(15)18-17-8/h1-4H,(H2,15,18)(H,16,19). The molecule has 3 N–H and O–H groups in total. The fourth-order valence-corrected chi connectivity index (χ4v) is 1.61. The summed E-state index contributed by atoms with van der Waals surface area (Å²) >= 11 is 2.90. The molecule has 0 spiro atoms. The molecule has 0 saturated heterocycles. The zero-order chi connectivity index (χ0) is 14.0. The number of aromatic nitrogens is 2. The summed E-state index contributed by atoms with van der Waals surface area (Å²) in [5, 5.41) is 9.31. The van der Waals surface area contributed by atoms with Gasteiger partial charge in [-0.2, -0.15) is 0 Å². The van der Waals surface area contributed by atoms with Crippen molar-refractivity contribution in [3.63, 3.8) is 0 Å². The highest BCUT2D eigenvalue weighted by Gasteiger charge is 2.13. The van der Waals surface area contributed by atoms with E-state index >= 15 is 0 Å². The molecule has 0 fully saturated rings. The maximum Gasteiger partial charge on any atom is 0.276 e. The predicted molar refractivity (Wildman–Crippen MR) is 68.5 cm³/mol. The van der Waals surface area contributed by atoms with Crippen molar-refractivity contribution in [1.82, 2.24) is 10.2 Å². The molecule has 0 saturated carbocycles. The van der Waals surface area contributed by atoms with E-state index in [1.165, 1.54) is 12.1 Å². The van der Waals surface area contributed by atoms with Crippen molar-refractivity contribution in [3.8, 4) is 0 Å². The van der Waals surface area contributed by atoms with Crippen LogP contribution in [0.4, 0.5) is 20.3 Å². The molecule has 0 aliphatic heterocycles. The number of nitrogens with zero attached hydrogens (tertiary/aromatic N) is 2. The first-order valence-electron chi connectivity index (χ1n) is 5.02. The van der Waals surface area contributed by atoms with Gasteiger partial charge in [0, 0.05) is 6.07 Å². The number of anilines is 2. The van der Waals surface area contributed by atoms with Gasteiger partial charge in [0.1, 0.15) is 17.5 Å². The van der Waals surface area contributed by atoms with Crippen molar-refractivity contribution < 1.29 is 13.6 Å². The van der Waals surface area contributed by atoms with Gasteiger partial charge >= 0.3 is 0 Å². The Hall–Kier alpha value is -2.09. The summed E-state index contributed by atoms with van der Waals surface area (Å²) < 4.78 is 26.5. The van der Waals surface area contributed by atoms with Crippen LogP contribution in [0.3, 0.4) is 0 Å². The van der Waals surface area contributed by atoms with Crippen LogP contribution in [-0.2, 0) is 0 Å². The lowest BCUT2D eigenvalue weighted by Crippen LogP contribution is -2.15. The Morgan fingerprint density at radius 2 is 1.95 bits per heavy atom. The first-order valence-corrected chi connectivity index (χ1v) is 5.82. The summed E-state index contributed by atoms with van der Waals surface area (Å²) in [6.07, 6.45) is 0. The molecule has 19 heavy (non-hydrogen) atoms. The summed E-state index contributed by atoms with van der Waals surface area (Å²) in [6, 6.07) is 4.51. The van der Waals surface area contributed by atoms with Crippen molar-refractivity contribution in [2.45, 2.75) is 0 Å². The topological polar surface area (TPSA) is 80.9 Å².